The summed E-state index contributed by atoms with van der Waals surface area (Å²) < 4.78 is 5.50. The molecule has 1 aliphatic heterocycles. The van der Waals surface area contributed by atoms with Crippen LogP contribution in [0.3, 0.4) is 0 Å². The van der Waals surface area contributed by atoms with E-state index in [-0.39, 0.29) is 5.69 Å². The SMILES string of the molecule is CCn1c(=O)n(CC2CCN(c3c(C)c(C)nc4ncnn34)CC2)c2ncccc21. The third-order valence-electron chi connectivity index (χ3n) is 6.32. The summed E-state index contributed by atoms with van der Waals surface area (Å²) in [6.45, 7) is 9.30. The molecule has 0 N–H and O–H groups in total. The van der Waals surface area contributed by atoms with Crippen molar-refractivity contribution in [1.82, 2.24) is 33.7 Å². The zero-order valence-corrected chi connectivity index (χ0v) is 17.6. The molecule has 0 saturated carbocycles. The summed E-state index contributed by atoms with van der Waals surface area (Å²) in [5.41, 5.74) is 3.87. The van der Waals surface area contributed by atoms with Gasteiger partial charge in [-0.2, -0.15) is 14.6 Å². The van der Waals surface area contributed by atoms with Crippen LogP contribution < -0.4 is 10.6 Å². The zero-order valence-electron chi connectivity index (χ0n) is 17.6. The van der Waals surface area contributed by atoms with E-state index in [4.69, 9.17) is 0 Å². The minimum absolute atomic E-state index is 0.0403. The Balaban J connectivity index is 1.39. The van der Waals surface area contributed by atoms with E-state index < -0.39 is 0 Å². The Labute approximate surface area is 174 Å². The molecule has 0 spiro atoms. The first-order valence-corrected chi connectivity index (χ1v) is 10.5. The van der Waals surface area contributed by atoms with Gasteiger partial charge >= 0.3 is 5.69 Å². The topological polar surface area (TPSA) is 86.1 Å². The number of fused-ring (bicyclic) bond motifs is 2. The van der Waals surface area contributed by atoms with Gasteiger partial charge in [-0.05, 0) is 51.7 Å². The predicted octanol–water partition coefficient (Wildman–Crippen LogP) is 2.19. The summed E-state index contributed by atoms with van der Waals surface area (Å²) in [6.07, 6.45) is 5.34. The highest BCUT2D eigenvalue weighted by atomic mass is 16.1. The van der Waals surface area contributed by atoms with Crippen LogP contribution in [0.2, 0.25) is 0 Å². The third-order valence-corrected chi connectivity index (χ3v) is 6.32. The molecule has 5 rings (SSSR count). The number of rotatable bonds is 4. The fourth-order valence-electron chi connectivity index (χ4n) is 4.59. The quantitative estimate of drug-likeness (QED) is 0.516. The van der Waals surface area contributed by atoms with E-state index in [0.717, 1.165) is 54.2 Å². The van der Waals surface area contributed by atoms with E-state index in [1.807, 2.05) is 39.6 Å². The second kappa shape index (κ2) is 7.23. The van der Waals surface area contributed by atoms with Gasteiger partial charge in [0.2, 0.25) is 0 Å². The van der Waals surface area contributed by atoms with Crippen molar-refractivity contribution in [1.29, 1.82) is 0 Å². The monoisotopic (exact) mass is 406 g/mol. The number of hydrogen-bond acceptors (Lipinski definition) is 6. The number of nitrogens with zero attached hydrogens (tertiary/aromatic N) is 8. The molecule has 9 heteroatoms. The van der Waals surface area contributed by atoms with Crippen LogP contribution in [0.5, 0.6) is 0 Å². The maximum atomic E-state index is 12.9. The molecule has 0 bridgehead atoms. The molecular weight excluding hydrogens is 380 g/mol. The number of piperidine rings is 1. The Morgan fingerprint density at radius 2 is 1.93 bits per heavy atom. The van der Waals surface area contributed by atoms with Crippen LogP contribution >= 0.6 is 0 Å². The van der Waals surface area contributed by atoms with Crippen LogP contribution in [-0.4, -0.2) is 46.8 Å². The minimum Gasteiger partial charge on any atom is -0.356 e. The molecule has 4 aromatic heterocycles. The van der Waals surface area contributed by atoms with Gasteiger partial charge in [0.15, 0.2) is 5.65 Å². The lowest BCUT2D eigenvalue weighted by Gasteiger charge is -2.34. The smallest absolute Gasteiger partial charge is 0.330 e. The van der Waals surface area contributed by atoms with Gasteiger partial charge in [-0.3, -0.25) is 9.13 Å². The number of pyridine rings is 1. The molecule has 0 radical (unpaired) electrons. The molecule has 4 aromatic rings. The number of hydrogen-bond donors (Lipinski definition) is 0. The van der Waals surface area contributed by atoms with Gasteiger partial charge in [0.25, 0.3) is 5.78 Å². The maximum absolute atomic E-state index is 12.9. The predicted molar refractivity (Wildman–Crippen MR) is 115 cm³/mol. The largest absolute Gasteiger partial charge is 0.356 e. The molecule has 1 fully saturated rings. The van der Waals surface area contributed by atoms with Crippen molar-refractivity contribution in [3.8, 4) is 0 Å². The molecule has 0 atom stereocenters. The Kier molecular flexibility index (Phi) is 4.52. The number of imidazole rings is 1. The van der Waals surface area contributed by atoms with Crippen molar-refractivity contribution in [2.24, 2.45) is 5.92 Å². The highest BCUT2D eigenvalue weighted by molar-refractivity contribution is 5.71. The molecule has 1 aliphatic rings. The van der Waals surface area contributed by atoms with Crippen molar-refractivity contribution < 1.29 is 0 Å². The van der Waals surface area contributed by atoms with Crippen molar-refractivity contribution in [3.63, 3.8) is 0 Å². The molecule has 30 heavy (non-hydrogen) atoms. The van der Waals surface area contributed by atoms with Gasteiger partial charge in [-0.15, -0.1) is 0 Å². The van der Waals surface area contributed by atoms with Crippen LogP contribution in [-0.2, 0) is 13.1 Å². The van der Waals surface area contributed by atoms with Gasteiger partial charge in [-0.1, -0.05) is 0 Å². The average Bonchev–Trinajstić information content (AvgIpc) is 3.32. The van der Waals surface area contributed by atoms with Crippen LogP contribution in [0.15, 0.2) is 29.5 Å². The molecule has 5 heterocycles. The van der Waals surface area contributed by atoms with Crippen LogP contribution in [0.25, 0.3) is 16.9 Å². The average molecular weight is 406 g/mol. The van der Waals surface area contributed by atoms with Gasteiger partial charge in [0, 0.05) is 43.6 Å². The summed E-state index contributed by atoms with van der Waals surface area (Å²) in [6, 6.07) is 3.87. The van der Waals surface area contributed by atoms with Gasteiger partial charge in [-0.25, -0.2) is 14.8 Å². The Morgan fingerprint density at radius 1 is 1.13 bits per heavy atom. The lowest BCUT2D eigenvalue weighted by atomic mass is 9.96. The standard InChI is InChI=1S/C21H26N8O/c1-4-27-17-6-5-9-22-18(17)28(21(27)30)12-16-7-10-26(11-8-16)19-14(2)15(3)25-20-23-13-24-29(19)20/h5-6,9,13,16H,4,7-8,10-12H2,1-3H3. The first-order valence-electron chi connectivity index (χ1n) is 10.5. The number of aromatic nitrogens is 7. The molecular formula is C21H26N8O. The number of aryl methyl sites for hydroxylation is 2. The van der Waals surface area contributed by atoms with Gasteiger partial charge < -0.3 is 4.90 Å². The van der Waals surface area contributed by atoms with Crippen LogP contribution in [0.4, 0.5) is 5.82 Å². The Bertz CT molecular complexity index is 1280. The fourth-order valence-corrected chi connectivity index (χ4v) is 4.59. The third kappa shape index (κ3) is 2.88. The lowest BCUT2D eigenvalue weighted by Crippen LogP contribution is -2.38. The summed E-state index contributed by atoms with van der Waals surface area (Å²) >= 11 is 0. The minimum atomic E-state index is 0.0403. The van der Waals surface area contributed by atoms with E-state index in [1.165, 1.54) is 0 Å². The molecule has 1 saturated heterocycles. The molecule has 0 aromatic carbocycles. The van der Waals surface area contributed by atoms with Crippen molar-refractivity contribution in [3.05, 3.63) is 46.4 Å². The molecule has 9 nitrogen and oxygen atoms in total. The normalized spacial score (nSPS) is 15.5. The van der Waals surface area contributed by atoms with E-state index >= 15 is 0 Å². The van der Waals surface area contributed by atoms with E-state index in [2.05, 4.69) is 31.9 Å². The number of anilines is 1. The highest BCUT2D eigenvalue weighted by Crippen LogP contribution is 2.28. The lowest BCUT2D eigenvalue weighted by molar-refractivity contribution is 0.352. The van der Waals surface area contributed by atoms with Gasteiger partial charge in [0.05, 0.1) is 5.52 Å². The summed E-state index contributed by atoms with van der Waals surface area (Å²) in [5, 5.41) is 4.39. The zero-order chi connectivity index (χ0) is 20.8. The first-order chi connectivity index (χ1) is 14.6. The van der Waals surface area contributed by atoms with E-state index in [0.29, 0.717) is 24.8 Å². The highest BCUT2D eigenvalue weighted by Gasteiger charge is 2.25. The molecule has 156 valence electrons. The van der Waals surface area contributed by atoms with Crippen molar-refractivity contribution >= 4 is 22.8 Å². The van der Waals surface area contributed by atoms with E-state index in [1.54, 1.807) is 12.5 Å². The van der Waals surface area contributed by atoms with Crippen LogP contribution in [0.1, 0.15) is 31.0 Å². The van der Waals surface area contributed by atoms with Crippen molar-refractivity contribution in [2.45, 2.75) is 46.7 Å². The molecule has 0 amide bonds. The van der Waals surface area contributed by atoms with Crippen molar-refractivity contribution in [2.75, 3.05) is 18.0 Å². The van der Waals surface area contributed by atoms with E-state index in [9.17, 15) is 4.79 Å². The first kappa shape index (κ1) is 18.8. The van der Waals surface area contributed by atoms with Gasteiger partial charge in [0.1, 0.15) is 12.1 Å². The summed E-state index contributed by atoms with van der Waals surface area (Å²) in [7, 11) is 0. The second-order valence-electron chi connectivity index (χ2n) is 8.03. The summed E-state index contributed by atoms with van der Waals surface area (Å²) in [4.78, 5) is 28.6. The second-order valence-corrected chi connectivity index (χ2v) is 8.03. The maximum Gasteiger partial charge on any atom is 0.330 e. The Hall–Kier alpha value is -3.23. The summed E-state index contributed by atoms with van der Waals surface area (Å²) in [5.74, 6) is 2.15. The Morgan fingerprint density at radius 3 is 2.70 bits per heavy atom. The fraction of sp³-hybridized carbons (Fsp3) is 0.476. The molecule has 0 aliphatic carbocycles. The van der Waals surface area contributed by atoms with Crippen LogP contribution in [0, 0.1) is 19.8 Å². The molecule has 0 unspecified atom stereocenters.